The normalized spacial score (nSPS) is 19.7. The van der Waals surface area contributed by atoms with Crippen molar-refractivity contribution < 1.29 is 19.1 Å². The lowest BCUT2D eigenvalue weighted by Gasteiger charge is -2.23. The Morgan fingerprint density at radius 1 is 1.31 bits per heavy atom. The van der Waals surface area contributed by atoms with Crippen molar-refractivity contribution in [3.05, 3.63) is 47.3 Å². The molecule has 7 nitrogen and oxygen atoms in total. The Balaban J connectivity index is 1.78. The molecule has 0 saturated carbocycles. The topological polar surface area (TPSA) is 73.7 Å². The zero-order valence-corrected chi connectivity index (χ0v) is 15.4. The number of aryl methyl sites for hydroxylation is 1. The van der Waals surface area contributed by atoms with Gasteiger partial charge < -0.3 is 14.4 Å². The fraction of sp³-hybridized carbons (Fsp3) is 0.421. The third kappa shape index (κ3) is 3.16. The molecule has 0 N–H and O–H groups in total. The number of nitrogens with zero attached hydrogens (tertiary/aromatic N) is 3. The summed E-state index contributed by atoms with van der Waals surface area (Å²) in [6, 6.07) is 7.49. The van der Waals surface area contributed by atoms with Gasteiger partial charge in [0.05, 0.1) is 19.3 Å². The molecule has 26 heavy (non-hydrogen) atoms. The molecule has 1 aliphatic rings. The van der Waals surface area contributed by atoms with Crippen LogP contribution in [0.25, 0.3) is 0 Å². The van der Waals surface area contributed by atoms with E-state index in [1.54, 1.807) is 30.7 Å². The summed E-state index contributed by atoms with van der Waals surface area (Å²) in [7, 11) is 3.37. The van der Waals surface area contributed by atoms with Crippen molar-refractivity contribution in [1.82, 2.24) is 14.7 Å². The molecule has 0 bridgehead atoms. The highest BCUT2D eigenvalue weighted by Crippen LogP contribution is 2.35. The van der Waals surface area contributed by atoms with Crippen molar-refractivity contribution in [3.8, 4) is 5.75 Å². The predicted molar refractivity (Wildman–Crippen MR) is 94.9 cm³/mol. The van der Waals surface area contributed by atoms with Crippen molar-refractivity contribution >= 4 is 11.9 Å². The van der Waals surface area contributed by atoms with Crippen molar-refractivity contribution in [2.75, 3.05) is 13.7 Å². The molecule has 7 heteroatoms. The Bertz CT molecular complexity index is 813. The summed E-state index contributed by atoms with van der Waals surface area (Å²) in [6.45, 7) is 4.26. The third-order valence-electron chi connectivity index (χ3n) is 4.92. The van der Waals surface area contributed by atoms with E-state index in [-0.39, 0.29) is 11.9 Å². The Morgan fingerprint density at radius 3 is 2.54 bits per heavy atom. The number of hydrogen-bond donors (Lipinski definition) is 0. The highest BCUT2D eigenvalue weighted by Gasteiger charge is 2.42. The molecule has 0 unspecified atom stereocenters. The number of carbonyl (C=O) groups excluding carboxylic acids is 2. The molecule has 0 radical (unpaired) electrons. The van der Waals surface area contributed by atoms with Crippen molar-refractivity contribution in [2.45, 2.75) is 32.4 Å². The number of benzene rings is 1. The summed E-state index contributed by atoms with van der Waals surface area (Å²) < 4.78 is 12.3. The summed E-state index contributed by atoms with van der Waals surface area (Å²) in [5.74, 6) is 0.0831. The number of amides is 1. The maximum Gasteiger partial charge on any atom is 0.342 e. The van der Waals surface area contributed by atoms with Crippen LogP contribution in [0.5, 0.6) is 5.75 Å². The van der Waals surface area contributed by atoms with Crippen molar-refractivity contribution in [1.29, 1.82) is 0 Å². The first kappa shape index (κ1) is 18.0. The lowest BCUT2D eigenvalue weighted by Crippen LogP contribution is -2.32. The van der Waals surface area contributed by atoms with E-state index in [2.05, 4.69) is 5.10 Å². The molecule has 2 atom stereocenters. The van der Waals surface area contributed by atoms with E-state index in [1.165, 1.54) is 6.20 Å². The maximum atomic E-state index is 12.7. The Hall–Kier alpha value is -2.83. The summed E-state index contributed by atoms with van der Waals surface area (Å²) >= 11 is 0. The van der Waals surface area contributed by atoms with Gasteiger partial charge in [0.2, 0.25) is 0 Å². The first-order valence-electron chi connectivity index (χ1n) is 8.60. The largest absolute Gasteiger partial charge is 0.497 e. The van der Waals surface area contributed by atoms with Crippen LogP contribution in [0.15, 0.2) is 30.5 Å². The number of likely N-dealkylation sites (N-methyl/N-ethyl adjacent to an activating group) is 1. The fourth-order valence-corrected chi connectivity index (χ4v) is 3.28. The van der Waals surface area contributed by atoms with Gasteiger partial charge in [0, 0.05) is 25.7 Å². The van der Waals surface area contributed by atoms with E-state index in [0.29, 0.717) is 24.2 Å². The van der Waals surface area contributed by atoms with E-state index >= 15 is 0 Å². The number of esters is 1. The maximum absolute atomic E-state index is 12.7. The van der Waals surface area contributed by atoms with E-state index < -0.39 is 12.1 Å². The average Bonchev–Trinajstić information content (AvgIpc) is 3.15. The first-order chi connectivity index (χ1) is 12.5. The second-order valence-corrected chi connectivity index (χ2v) is 6.31. The van der Waals surface area contributed by atoms with Gasteiger partial charge in [0.1, 0.15) is 11.3 Å². The zero-order valence-electron chi connectivity index (χ0n) is 15.4. The van der Waals surface area contributed by atoms with Gasteiger partial charge in [-0.2, -0.15) is 5.10 Å². The molecule has 2 heterocycles. The lowest BCUT2D eigenvalue weighted by atomic mass is 10.0. The van der Waals surface area contributed by atoms with Gasteiger partial charge in [-0.3, -0.25) is 9.48 Å². The van der Waals surface area contributed by atoms with Gasteiger partial charge in [0.25, 0.3) is 5.91 Å². The minimum Gasteiger partial charge on any atom is -0.497 e. The number of hydrogen-bond acceptors (Lipinski definition) is 5. The van der Waals surface area contributed by atoms with Gasteiger partial charge in [-0.15, -0.1) is 0 Å². The molecule has 1 fully saturated rings. The molecule has 0 spiro atoms. The molecular formula is C19H23N3O4. The lowest BCUT2D eigenvalue weighted by molar-refractivity contribution is -0.135. The van der Waals surface area contributed by atoms with Gasteiger partial charge >= 0.3 is 5.97 Å². The van der Waals surface area contributed by atoms with E-state index in [0.717, 1.165) is 11.3 Å². The second-order valence-electron chi connectivity index (χ2n) is 6.31. The van der Waals surface area contributed by atoms with Crippen LogP contribution in [0.3, 0.4) is 0 Å². The van der Waals surface area contributed by atoms with Crippen LogP contribution in [-0.4, -0.2) is 46.3 Å². The van der Waals surface area contributed by atoms with Crippen LogP contribution in [0.1, 0.15) is 41.0 Å². The van der Waals surface area contributed by atoms with E-state index in [4.69, 9.17) is 9.47 Å². The molecular weight excluding hydrogens is 334 g/mol. The highest BCUT2D eigenvalue weighted by atomic mass is 16.5. The summed E-state index contributed by atoms with van der Waals surface area (Å²) in [5.41, 5.74) is 2.09. The molecule has 1 saturated heterocycles. The predicted octanol–water partition coefficient (Wildman–Crippen LogP) is 2.26. The number of ether oxygens (including phenoxy) is 2. The number of rotatable bonds is 5. The molecule has 1 amide bonds. The van der Waals surface area contributed by atoms with Crippen LogP contribution in [0.4, 0.5) is 0 Å². The monoisotopic (exact) mass is 357 g/mol. The Morgan fingerprint density at radius 2 is 2.00 bits per heavy atom. The van der Waals surface area contributed by atoms with Crippen LogP contribution < -0.4 is 4.74 Å². The van der Waals surface area contributed by atoms with Crippen LogP contribution in [0.2, 0.25) is 0 Å². The molecule has 138 valence electrons. The Kier molecular flexibility index (Phi) is 4.97. The number of carbonyl (C=O) groups is 2. The fourth-order valence-electron chi connectivity index (χ4n) is 3.28. The minimum atomic E-state index is -0.783. The first-order valence-corrected chi connectivity index (χ1v) is 8.60. The number of aromatic nitrogens is 2. The summed E-state index contributed by atoms with van der Waals surface area (Å²) in [5, 5.41) is 4.05. The second kappa shape index (κ2) is 7.19. The SMILES string of the molecule is CCN1C(=O)[C@H](OC(=O)c2cnn(C)c2C)C[C@@H]1c1ccc(OC)cc1. The standard InChI is InChI=1S/C19H23N3O4/c1-5-22-16(13-6-8-14(25-4)9-7-13)10-17(18(22)23)26-19(24)15-11-20-21(3)12(15)2/h6-9,11,16-17H,5,10H2,1-4H3/t16-,17-/m1/s1. The number of methoxy groups -OCH3 is 1. The third-order valence-corrected chi connectivity index (χ3v) is 4.92. The van der Waals surface area contributed by atoms with E-state index in [9.17, 15) is 9.59 Å². The molecule has 2 aromatic rings. The van der Waals surface area contributed by atoms with Crippen LogP contribution in [0, 0.1) is 6.92 Å². The Labute approximate surface area is 152 Å². The van der Waals surface area contributed by atoms with Crippen molar-refractivity contribution in [2.24, 2.45) is 7.05 Å². The summed E-state index contributed by atoms with van der Waals surface area (Å²) in [4.78, 5) is 26.9. The van der Waals surface area contributed by atoms with Gasteiger partial charge in [-0.05, 0) is 31.5 Å². The van der Waals surface area contributed by atoms with Gasteiger partial charge in [-0.1, -0.05) is 12.1 Å². The smallest absolute Gasteiger partial charge is 0.342 e. The van der Waals surface area contributed by atoms with E-state index in [1.807, 2.05) is 31.2 Å². The van der Waals surface area contributed by atoms with Crippen LogP contribution in [-0.2, 0) is 16.6 Å². The van der Waals surface area contributed by atoms with Gasteiger partial charge in [-0.25, -0.2) is 4.79 Å². The average molecular weight is 357 g/mol. The molecule has 1 aromatic carbocycles. The molecule has 1 aromatic heterocycles. The quantitative estimate of drug-likeness (QED) is 0.768. The molecule has 3 rings (SSSR count). The van der Waals surface area contributed by atoms with Crippen molar-refractivity contribution in [3.63, 3.8) is 0 Å². The van der Waals surface area contributed by atoms with Gasteiger partial charge in [0.15, 0.2) is 6.10 Å². The number of likely N-dealkylation sites (tertiary alicyclic amines) is 1. The molecule has 0 aliphatic carbocycles. The molecule has 1 aliphatic heterocycles. The highest BCUT2D eigenvalue weighted by molar-refractivity contribution is 5.93. The zero-order chi connectivity index (χ0) is 18.8. The summed E-state index contributed by atoms with van der Waals surface area (Å²) in [6.07, 6.45) is 1.12. The minimum absolute atomic E-state index is 0.119. The van der Waals surface area contributed by atoms with Crippen LogP contribution >= 0.6 is 0 Å².